The molecule has 1 aliphatic carbocycles. The van der Waals surface area contributed by atoms with Crippen molar-refractivity contribution >= 4 is 34.5 Å². The average Bonchev–Trinajstić information content (AvgIpc) is 3.26. The van der Waals surface area contributed by atoms with Gasteiger partial charge in [-0.2, -0.15) is 4.98 Å². The molecule has 0 unspecified atom stereocenters. The third-order valence-corrected chi connectivity index (χ3v) is 5.61. The van der Waals surface area contributed by atoms with Crippen LogP contribution in [0.15, 0.2) is 28.8 Å². The predicted molar refractivity (Wildman–Crippen MR) is 108 cm³/mol. The van der Waals surface area contributed by atoms with Gasteiger partial charge in [0.2, 0.25) is 17.6 Å². The average molecular weight is 396 g/mol. The minimum Gasteiger partial charge on any atom is -0.339 e. The number of amides is 2. The Morgan fingerprint density at radius 2 is 1.93 bits per heavy atom. The van der Waals surface area contributed by atoms with Crippen molar-refractivity contribution in [2.24, 2.45) is 0 Å². The number of hydrogen-bond acceptors (Lipinski definition) is 6. The zero-order chi connectivity index (χ0) is 19.8. The molecule has 2 heterocycles. The van der Waals surface area contributed by atoms with Crippen molar-refractivity contribution < 1.29 is 14.1 Å². The first kappa shape index (κ1) is 18.4. The van der Waals surface area contributed by atoms with Crippen molar-refractivity contribution in [3.8, 4) is 10.7 Å². The second-order valence-electron chi connectivity index (χ2n) is 6.98. The van der Waals surface area contributed by atoms with Crippen LogP contribution >= 0.6 is 11.3 Å². The van der Waals surface area contributed by atoms with Gasteiger partial charge in [-0.25, -0.2) is 0 Å². The van der Waals surface area contributed by atoms with Crippen LogP contribution in [0.4, 0.5) is 11.4 Å². The largest absolute Gasteiger partial charge is 0.339 e. The number of carbonyl (C=O) groups excluding carboxylic acids is 2. The monoisotopic (exact) mass is 396 g/mol. The van der Waals surface area contributed by atoms with E-state index in [2.05, 4.69) is 20.8 Å². The smallest absolute Gasteiger partial charge is 0.255 e. The van der Waals surface area contributed by atoms with E-state index in [4.69, 9.17) is 4.52 Å². The Bertz CT molecular complexity index is 1070. The topological polar surface area (TPSA) is 97.1 Å². The van der Waals surface area contributed by atoms with Crippen molar-refractivity contribution in [3.05, 3.63) is 46.2 Å². The first-order chi connectivity index (χ1) is 13.4. The highest BCUT2D eigenvalue weighted by Gasteiger charge is 2.30. The molecule has 2 aromatic heterocycles. The third kappa shape index (κ3) is 3.82. The lowest BCUT2D eigenvalue weighted by atomic mass is 10.1. The lowest BCUT2D eigenvalue weighted by Crippen LogP contribution is -2.14. The van der Waals surface area contributed by atoms with Crippen LogP contribution in [-0.2, 0) is 4.79 Å². The molecule has 144 valence electrons. The summed E-state index contributed by atoms with van der Waals surface area (Å²) in [6, 6.07) is 7.09. The van der Waals surface area contributed by atoms with E-state index < -0.39 is 0 Å². The number of aromatic nitrogens is 2. The van der Waals surface area contributed by atoms with Gasteiger partial charge in [0, 0.05) is 29.0 Å². The Hall–Kier alpha value is -3.00. The van der Waals surface area contributed by atoms with Crippen LogP contribution in [0.25, 0.3) is 10.7 Å². The fourth-order valence-electron chi connectivity index (χ4n) is 2.83. The molecule has 7 nitrogen and oxygen atoms in total. The molecule has 0 spiro atoms. The Kier molecular flexibility index (Phi) is 4.72. The van der Waals surface area contributed by atoms with Gasteiger partial charge >= 0.3 is 0 Å². The van der Waals surface area contributed by atoms with Crippen LogP contribution < -0.4 is 10.6 Å². The van der Waals surface area contributed by atoms with Gasteiger partial charge in [-0.05, 0) is 50.5 Å². The van der Waals surface area contributed by atoms with Gasteiger partial charge in [-0.3, -0.25) is 9.59 Å². The Morgan fingerprint density at radius 3 is 2.64 bits per heavy atom. The maximum atomic E-state index is 12.7. The summed E-state index contributed by atoms with van der Waals surface area (Å²) in [5, 5.41) is 9.73. The van der Waals surface area contributed by atoms with Gasteiger partial charge in [0.1, 0.15) is 0 Å². The molecule has 28 heavy (non-hydrogen) atoms. The highest BCUT2D eigenvalue weighted by molar-refractivity contribution is 7.16. The maximum Gasteiger partial charge on any atom is 0.255 e. The fraction of sp³-hybridized carbons (Fsp3) is 0.300. The summed E-state index contributed by atoms with van der Waals surface area (Å²) in [7, 11) is 0. The normalized spacial score (nSPS) is 13.4. The van der Waals surface area contributed by atoms with Crippen LogP contribution in [0.2, 0.25) is 0 Å². The zero-order valence-corrected chi connectivity index (χ0v) is 16.6. The summed E-state index contributed by atoms with van der Waals surface area (Å²) in [6.07, 6.45) is 2.20. The Labute approximate surface area is 166 Å². The maximum absolute atomic E-state index is 12.7. The molecule has 8 heteroatoms. The number of anilines is 2. The number of aryl methyl sites for hydroxylation is 2. The molecule has 1 fully saturated rings. The van der Waals surface area contributed by atoms with Crippen LogP contribution in [-0.4, -0.2) is 22.0 Å². The van der Waals surface area contributed by atoms with Gasteiger partial charge in [0.05, 0.1) is 10.6 Å². The molecule has 3 aromatic rings. The van der Waals surface area contributed by atoms with E-state index in [0.717, 1.165) is 28.2 Å². The second kappa shape index (κ2) is 7.20. The van der Waals surface area contributed by atoms with E-state index in [1.807, 2.05) is 26.0 Å². The van der Waals surface area contributed by atoms with Crippen molar-refractivity contribution in [1.82, 2.24) is 10.1 Å². The second-order valence-corrected chi connectivity index (χ2v) is 8.23. The highest BCUT2D eigenvalue weighted by Crippen LogP contribution is 2.40. The molecular weight excluding hydrogens is 376 g/mol. The van der Waals surface area contributed by atoms with Gasteiger partial charge < -0.3 is 15.2 Å². The third-order valence-electron chi connectivity index (χ3n) is 4.57. The molecule has 0 radical (unpaired) electrons. The standard InChI is InChI=1S/C20H20N4O3S/c1-10-4-5-14(8-15(10)21-12(3)25)19(26)22-16-9-17(28-11(16)2)18-23-20(27-24-18)13-6-7-13/h4-5,8-9,13H,6-7H2,1-3H3,(H,21,25)(H,22,26). The van der Waals surface area contributed by atoms with E-state index in [0.29, 0.717) is 34.6 Å². The predicted octanol–water partition coefficient (Wildman–Crippen LogP) is 4.50. The molecule has 0 bridgehead atoms. The van der Waals surface area contributed by atoms with Gasteiger partial charge in [-0.15, -0.1) is 11.3 Å². The number of benzene rings is 1. The molecule has 1 saturated carbocycles. The SMILES string of the molecule is CC(=O)Nc1cc(C(=O)Nc2cc(-c3noc(C4CC4)n3)sc2C)ccc1C. The van der Waals surface area contributed by atoms with Crippen LogP contribution in [0.5, 0.6) is 0 Å². The number of thiophene rings is 1. The van der Waals surface area contributed by atoms with E-state index in [1.165, 1.54) is 18.3 Å². The van der Waals surface area contributed by atoms with E-state index in [-0.39, 0.29) is 11.8 Å². The van der Waals surface area contributed by atoms with Crippen molar-refractivity contribution in [3.63, 3.8) is 0 Å². The molecule has 4 rings (SSSR count). The lowest BCUT2D eigenvalue weighted by molar-refractivity contribution is -0.114. The molecular formula is C20H20N4O3S. The van der Waals surface area contributed by atoms with Crippen LogP contribution in [0, 0.1) is 13.8 Å². The summed E-state index contributed by atoms with van der Waals surface area (Å²) in [4.78, 5) is 30.3. The van der Waals surface area contributed by atoms with E-state index in [9.17, 15) is 9.59 Å². The van der Waals surface area contributed by atoms with E-state index >= 15 is 0 Å². The van der Waals surface area contributed by atoms with Crippen LogP contribution in [0.1, 0.15) is 52.4 Å². The number of rotatable bonds is 5. The molecule has 1 aromatic carbocycles. The number of nitrogens with zero attached hydrogens (tertiary/aromatic N) is 2. The summed E-state index contributed by atoms with van der Waals surface area (Å²) in [5.41, 5.74) is 2.70. The number of carbonyl (C=O) groups is 2. The minimum absolute atomic E-state index is 0.176. The minimum atomic E-state index is -0.245. The summed E-state index contributed by atoms with van der Waals surface area (Å²) in [5.74, 6) is 1.23. The van der Waals surface area contributed by atoms with Crippen molar-refractivity contribution in [1.29, 1.82) is 0 Å². The van der Waals surface area contributed by atoms with Gasteiger partial charge in [0.25, 0.3) is 5.91 Å². The fourth-order valence-corrected chi connectivity index (χ4v) is 3.73. The zero-order valence-electron chi connectivity index (χ0n) is 15.8. The molecule has 0 saturated heterocycles. The number of hydrogen-bond donors (Lipinski definition) is 2. The van der Waals surface area contributed by atoms with Crippen molar-refractivity contribution in [2.45, 2.75) is 39.5 Å². The Morgan fingerprint density at radius 1 is 1.14 bits per heavy atom. The summed E-state index contributed by atoms with van der Waals surface area (Å²) < 4.78 is 5.32. The molecule has 2 N–H and O–H groups in total. The lowest BCUT2D eigenvalue weighted by Gasteiger charge is -2.09. The first-order valence-corrected chi connectivity index (χ1v) is 9.86. The summed E-state index contributed by atoms with van der Waals surface area (Å²) in [6.45, 7) is 5.25. The van der Waals surface area contributed by atoms with Gasteiger partial charge in [0.15, 0.2) is 0 Å². The van der Waals surface area contributed by atoms with Crippen molar-refractivity contribution in [2.75, 3.05) is 10.6 Å². The molecule has 0 atom stereocenters. The quantitative estimate of drug-likeness (QED) is 0.662. The summed E-state index contributed by atoms with van der Waals surface area (Å²) >= 11 is 1.51. The molecule has 2 amide bonds. The van der Waals surface area contributed by atoms with E-state index in [1.54, 1.807) is 12.1 Å². The molecule has 0 aliphatic heterocycles. The number of nitrogens with one attached hydrogen (secondary N) is 2. The van der Waals surface area contributed by atoms with Gasteiger partial charge in [-0.1, -0.05) is 11.2 Å². The highest BCUT2D eigenvalue weighted by atomic mass is 32.1. The molecule has 1 aliphatic rings. The first-order valence-electron chi connectivity index (χ1n) is 9.04. The van der Waals surface area contributed by atoms with Crippen LogP contribution in [0.3, 0.4) is 0 Å². The Balaban J connectivity index is 1.53.